The van der Waals surface area contributed by atoms with Gasteiger partial charge < -0.3 is 0 Å². The van der Waals surface area contributed by atoms with Gasteiger partial charge in [-0.25, -0.2) is 0 Å². The Labute approximate surface area is 110 Å². The van der Waals surface area contributed by atoms with Crippen molar-refractivity contribution < 1.29 is 0 Å². The van der Waals surface area contributed by atoms with Crippen molar-refractivity contribution in [3.63, 3.8) is 0 Å². The number of thiophene rings is 1. The van der Waals surface area contributed by atoms with Crippen LogP contribution in [0.25, 0.3) is 0 Å². The second kappa shape index (κ2) is 6.53. The fraction of sp³-hybridized carbons (Fsp3) is 0.714. The van der Waals surface area contributed by atoms with Gasteiger partial charge in [0.15, 0.2) is 0 Å². The minimum absolute atomic E-state index is 0.394. The van der Waals surface area contributed by atoms with E-state index in [9.17, 15) is 0 Å². The summed E-state index contributed by atoms with van der Waals surface area (Å²) in [5, 5.41) is 2.13. The molecule has 2 nitrogen and oxygen atoms in total. The molecule has 0 spiro atoms. The Morgan fingerprint density at radius 3 is 2.59 bits per heavy atom. The molecule has 1 aromatic rings. The van der Waals surface area contributed by atoms with Gasteiger partial charge in [0.2, 0.25) is 0 Å². The third kappa shape index (κ3) is 6.20. The van der Waals surface area contributed by atoms with E-state index in [2.05, 4.69) is 50.6 Å². The average molecular weight is 254 g/mol. The molecule has 2 unspecified atom stereocenters. The minimum atomic E-state index is 0.394. The van der Waals surface area contributed by atoms with Crippen molar-refractivity contribution in [1.82, 2.24) is 5.43 Å². The van der Waals surface area contributed by atoms with Crippen LogP contribution in [0.4, 0.5) is 0 Å². The van der Waals surface area contributed by atoms with Crippen LogP contribution in [0.5, 0.6) is 0 Å². The van der Waals surface area contributed by atoms with Gasteiger partial charge in [-0.3, -0.25) is 11.3 Å². The Morgan fingerprint density at radius 2 is 2.12 bits per heavy atom. The number of hydrogen-bond acceptors (Lipinski definition) is 3. The molecule has 3 heteroatoms. The zero-order chi connectivity index (χ0) is 12.9. The molecule has 0 radical (unpaired) electrons. The molecule has 0 saturated carbocycles. The lowest BCUT2D eigenvalue weighted by Crippen LogP contribution is -2.38. The molecule has 0 saturated heterocycles. The molecule has 1 aromatic heterocycles. The van der Waals surface area contributed by atoms with E-state index in [1.807, 2.05) is 11.3 Å². The molecule has 0 aliphatic rings. The van der Waals surface area contributed by atoms with E-state index < -0.39 is 0 Å². The Bertz CT molecular complexity index is 301. The van der Waals surface area contributed by atoms with E-state index in [0.29, 0.717) is 17.4 Å². The molecule has 0 aliphatic carbocycles. The summed E-state index contributed by atoms with van der Waals surface area (Å²) in [5.74, 6) is 6.36. The van der Waals surface area contributed by atoms with Gasteiger partial charge in [-0.2, -0.15) is 0 Å². The van der Waals surface area contributed by atoms with Crippen molar-refractivity contribution in [2.75, 3.05) is 0 Å². The van der Waals surface area contributed by atoms with E-state index in [1.54, 1.807) is 0 Å². The van der Waals surface area contributed by atoms with E-state index >= 15 is 0 Å². The van der Waals surface area contributed by atoms with Gasteiger partial charge in [0, 0.05) is 10.9 Å². The van der Waals surface area contributed by atoms with Crippen LogP contribution in [0, 0.1) is 11.3 Å². The molecule has 0 bridgehead atoms. The SMILES string of the molecule is CC(CC(Cc1cccs1)NN)CC(C)(C)C. The number of hydrazine groups is 1. The zero-order valence-electron chi connectivity index (χ0n) is 11.5. The monoisotopic (exact) mass is 254 g/mol. The van der Waals surface area contributed by atoms with Crippen molar-refractivity contribution >= 4 is 11.3 Å². The van der Waals surface area contributed by atoms with Gasteiger partial charge in [-0.1, -0.05) is 33.8 Å². The number of nitrogens with two attached hydrogens (primary N) is 1. The van der Waals surface area contributed by atoms with E-state index in [4.69, 9.17) is 5.84 Å². The second-order valence-electron chi connectivity index (χ2n) is 6.25. The Morgan fingerprint density at radius 1 is 1.41 bits per heavy atom. The minimum Gasteiger partial charge on any atom is -0.271 e. The second-order valence-corrected chi connectivity index (χ2v) is 7.28. The maximum Gasteiger partial charge on any atom is 0.0261 e. The zero-order valence-corrected chi connectivity index (χ0v) is 12.3. The summed E-state index contributed by atoms with van der Waals surface area (Å²) in [6.45, 7) is 9.22. The van der Waals surface area contributed by atoms with Crippen molar-refractivity contribution in [2.24, 2.45) is 17.2 Å². The normalized spacial score (nSPS) is 15.8. The van der Waals surface area contributed by atoms with Gasteiger partial charge in [0.25, 0.3) is 0 Å². The maximum atomic E-state index is 5.66. The highest BCUT2D eigenvalue weighted by atomic mass is 32.1. The van der Waals surface area contributed by atoms with Crippen molar-refractivity contribution in [3.05, 3.63) is 22.4 Å². The van der Waals surface area contributed by atoms with E-state index in [0.717, 1.165) is 12.8 Å². The fourth-order valence-electron chi connectivity index (χ4n) is 2.50. The van der Waals surface area contributed by atoms with Gasteiger partial charge in [0.1, 0.15) is 0 Å². The van der Waals surface area contributed by atoms with Gasteiger partial charge in [-0.05, 0) is 42.0 Å². The van der Waals surface area contributed by atoms with E-state index in [-0.39, 0.29) is 0 Å². The summed E-state index contributed by atoms with van der Waals surface area (Å²) in [4.78, 5) is 1.41. The highest BCUT2D eigenvalue weighted by Gasteiger charge is 2.19. The molecular formula is C14H26N2S. The molecule has 0 amide bonds. The van der Waals surface area contributed by atoms with Crippen LogP contribution in [0.15, 0.2) is 17.5 Å². The first-order valence-electron chi connectivity index (χ1n) is 6.39. The van der Waals surface area contributed by atoms with Gasteiger partial charge in [0.05, 0.1) is 0 Å². The maximum absolute atomic E-state index is 5.66. The predicted molar refractivity (Wildman–Crippen MR) is 77.0 cm³/mol. The summed E-state index contributed by atoms with van der Waals surface area (Å²) < 4.78 is 0. The molecule has 98 valence electrons. The highest BCUT2D eigenvalue weighted by Crippen LogP contribution is 2.27. The van der Waals surface area contributed by atoms with Crippen LogP contribution >= 0.6 is 11.3 Å². The summed E-state index contributed by atoms with van der Waals surface area (Å²) in [7, 11) is 0. The lowest BCUT2D eigenvalue weighted by atomic mass is 9.82. The summed E-state index contributed by atoms with van der Waals surface area (Å²) in [5.41, 5.74) is 3.37. The molecule has 1 heterocycles. The third-order valence-electron chi connectivity index (χ3n) is 2.91. The van der Waals surface area contributed by atoms with Crippen LogP contribution in [0.2, 0.25) is 0 Å². The fourth-order valence-corrected chi connectivity index (χ4v) is 3.28. The van der Waals surface area contributed by atoms with Crippen molar-refractivity contribution in [2.45, 2.75) is 53.0 Å². The lowest BCUT2D eigenvalue weighted by Gasteiger charge is -2.26. The predicted octanol–water partition coefficient (Wildman–Crippen LogP) is 3.58. The Kier molecular flexibility index (Phi) is 5.63. The van der Waals surface area contributed by atoms with Crippen molar-refractivity contribution in [3.8, 4) is 0 Å². The average Bonchev–Trinajstić information content (AvgIpc) is 2.66. The number of hydrogen-bond donors (Lipinski definition) is 2. The largest absolute Gasteiger partial charge is 0.271 e. The Balaban J connectivity index is 2.41. The van der Waals surface area contributed by atoms with Crippen molar-refractivity contribution in [1.29, 1.82) is 0 Å². The van der Waals surface area contributed by atoms with E-state index in [1.165, 1.54) is 11.3 Å². The summed E-state index contributed by atoms with van der Waals surface area (Å²) in [6, 6.07) is 4.68. The molecular weight excluding hydrogens is 228 g/mol. The van der Waals surface area contributed by atoms with Crippen LogP contribution < -0.4 is 11.3 Å². The number of nitrogens with one attached hydrogen (secondary N) is 1. The first kappa shape index (κ1) is 14.7. The topological polar surface area (TPSA) is 38.0 Å². The molecule has 1 rings (SSSR count). The molecule has 2 atom stereocenters. The number of rotatable bonds is 6. The lowest BCUT2D eigenvalue weighted by molar-refractivity contribution is 0.275. The first-order valence-corrected chi connectivity index (χ1v) is 7.27. The smallest absolute Gasteiger partial charge is 0.0261 e. The first-order chi connectivity index (χ1) is 7.90. The van der Waals surface area contributed by atoms with Gasteiger partial charge in [-0.15, -0.1) is 11.3 Å². The third-order valence-corrected chi connectivity index (χ3v) is 3.81. The molecule has 0 aliphatic heterocycles. The molecule has 3 N–H and O–H groups in total. The highest BCUT2D eigenvalue weighted by molar-refractivity contribution is 7.09. The quantitative estimate of drug-likeness (QED) is 0.601. The summed E-state index contributed by atoms with van der Waals surface area (Å²) >= 11 is 1.81. The van der Waals surface area contributed by atoms with Crippen LogP contribution in [0.1, 0.15) is 45.4 Å². The van der Waals surface area contributed by atoms with Crippen LogP contribution in [-0.4, -0.2) is 6.04 Å². The van der Waals surface area contributed by atoms with Crippen LogP contribution in [-0.2, 0) is 6.42 Å². The molecule has 0 aromatic carbocycles. The standard InChI is InChI=1S/C14H26N2S/c1-11(10-14(2,3)4)8-12(16-15)9-13-6-5-7-17-13/h5-7,11-12,16H,8-10,15H2,1-4H3. The molecule has 17 heavy (non-hydrogen) atoms. The summed E-state index contributed by atoms with van der Waals surface area (Å²) in [6.07, 6.45) is 3.43. The van der Waals surface area contributed by atoms with Crippen LogP contribution in [0.3, 0.4) is 0 Å². The Hall–Kier alpha value is -0.380. The molecule has 0 fully saturated rings. The van der Waals surface area contributed by atoms with Gasteiger partial charge >= 0.3 is 0 Å².